The molecule has 0 saturated carbocycles. The molecule has 3 unspecified atom stereocenters. The van der Waals surface area contributed by atoms with Gasteiger partial charge in [0.15, 0.2) is 0 Å². The largest absolute Gasteiger partial charge is 0.387 e. The Labute approximate surface area is 251 Å². The predicted molar refractivity (Wildman–Crippen MR) is 171 cm³/mol. The standard InChI is InChI=1S/C33H61NO6S/c1-3-5-7-9-11-13-15-17-19-21-23-25-27-31(35)30(29-41(38,39)40)34-33(37)32(36)28-26-24-22-20-18-16-14-12-10-8-6-4-2/h17-20,25,27,30-32,35-36H,3-16,21-24,26,28-29H2,1-2H3,(H,34,37)(H,38,39,40)/b19-17+,20-18-,27-25+. The second-order valence-electron chi connectivity index (χ2n) is 11.2. The maximum absolute atomic E-state index is 12.5. The highest BCUT2D eigenvalue weighted by Crippen LogP contribution is 2.11. The third-order valence-electron chi connectivity index (χ3n) is 7.15. The molecule has 0 aliphatic rings. The number of unbranched alkanes of at least 4 members (excludes halogenated alkanes) is 15. The minimum atomic E-state index is -4.44. The number of allylic oxidation sites excluding steroid dienone is 5. The lowest BCUT2D eigenvalue weighted by Crippen LogP contribution is -2.50. The first-order chi connectivity index (χ1) is 19.7. The minimum Gasteiger partial charge on any atom is -0.387 e. The number of amides is 1. The van der Waals surface area contributed by atoms with E-state index in [-0.39, 0.29) is 6.42 Å². The van der Waals surface area contributed by atoms with Gasteiger partial charge >= 0.3 is 0 Å². The molecule has 0 aromatic heterocycles. The molecular weight excluding hydrogens is 538 g/mol. The molecule has 0 aromatic rings. The summed E-state index contributed by atoms with van der Waals surface area (Å²) in [6.45, 7) is 4.43. The number of hydrogen-bond donors (Lipinski definition) is 4. The molecule has 0 aliphatic heterocycles. The van der Waals surface area contributed by atoms with Crippen LogP contribution in [0.15, 0.2) is 36.5 Å². The Morgan fingerprint density at radius 1 is 0.659 bits per heavy atom. The molecule has 0 spiro atoms. The Morgan fingerprint density at radius 2 is 1.10 bits per heavy atom. The van der Waals surface area contributed by atoms with Gasteiger partial charge in [0.05, 0.1) is 17.9 Å². The van der Waals surface area contributed by atoms with E-state index in [1.807, 2.05) is 0 Å². The predicted octanol–water partition coefficient (Wildman–Crippen LogP) is 7.59. The Morgan fingerprint density at radius 3 is 1.61 bits per heavy atom. The first-order valence-electron chi connectivity index (χ1n) is 16.3. The summed E-state index contributed by atoms with van der Waals surface area (Å²) in [5.41, 5.74) is 0. The van der Waals surface area contributed by atoms with Crippen molar-refractivity contribution in [3.05, 3.63) is 36.5 Å². The van der Waals surface area contributed by atoms with Crippen molar-refractivity contribution >= 4 is 16.0 Å². The van der Waals surface area contributed by atoms with E-state index in [0.29, 0.717) is 12.8 Å². The van der Waals surface area contributed by atoms with Gasteiger partial charge < -0.3 is 15.5 Å². The normalized spacial score (nSPS) is 14.8. The van der Waals surface area contributed by atoms with E-state index in [1.54, 1.807) is 6.08 Å². The van der Waals surface area contributed by atoms with Crippen LogP contribution in [0, 0.1) is 0 Å². The van der Waals surface area contributed by atoms with Crippen LogP contribution in [-0.2, 0) is 14.9 Å². The zero-order valence-electron chi connectivity index (χ0n) is 26.0. The summed E-state index contributed by atoms with van der Waals surface area (Å²) >= 11 is 0. The SMILES string of the molecule is CCCCCCCC/C=C\CCCCC(O)C(=O)NC(CS(=O)(=O)O)C(O)/C=C/CC/C=C/CCCCCCCC. The Bertz CT molecular complexity index is 809. The molecule has 0 radical (unpaired) electrons. The molecule has 8 heteroatoms. The van der Waals surface area contributed by atoms with E-state index in [2.05, 4.69) is 43.5 Å². The van der Waals surface area contributed by atoms with E-state index >= 15 is 0 Å². The molecule has 7 nitrogen and oxygen atoms in total. The number of carbonyl (C=O) groups excluding carboxylic acids is 1. The smallest absolute Gasteiger partial charge is 0.267 e. The number of hydrogen-bond acceptors (Lipinski definition) is 5. The Balaban J connectivity index is 4.32. The maximum Gasteiger partial charge on any atom is 0.267 e. The van der Waals surface area contributed by atoms with Crippen molar-refractivity contribution in [2.45, 2.75) is 161 Å². The van der Waals surface area contributed by atoms with E-state index in [0.717, 1.165) is 32.1 Å². The van der Waals surface area contributed by atoms with Crippen LogP contribution >= 0.6 is 0 Å². The summed E-state index contributed by atoms with van der Waals surface area (Å²) in [7, 11) is -4.44. The number of nitrogens with one attached hydrogen (secondary N) is 1. The van der Waals surface area contributed by atoms with Gasteiger partial charge in [-0.05, 0) is 57.8 Å². The lowest BCUT2D eigenvalue weighted by Gasteiger charge is -2.22. The van der Waals surface area contributed by atoms with Crippen LogP contribution in [0.5, 0.6) is 0 Å². The van der Waals surface area contributed by atoms with Crippen molar-refractivity contribution in [3.8, 4) is 0 Å². The lowest BCUT2D eigenvalue weighted by molar-refractivity contribution is -0.130. The fraction of sp³-hybridized carbons (Fsp3) is 0.788. The zero-order chi connectivity index (χ0) is 30.6. The van der Waals surface area contributed by atoms with Gasteiger partial charge in [-0.15, -0.1) is 0 Å². The van der Waals surface area contributed by atoms with Crippen LogP contribution in [0.4, 0.5) is 0 Å². The van der Waals surface area contributed by atoms with Gasteiger partial charge in [0.2, 0.25) is 5.91 Å². The molecule has 0 saturated heterocycles. The second-order valence-corrected chi connectivity index (χ2v) is 12.7. The minimum absolute atomic E-state index is 0.243. The first kappa shape index (κ1) is 39.5. The summed E-state index contributed by atoms with van der Waals surface area (Å²) in [6.07, 6.45) is 30.6. The Kier molecular flexibility index (Phi) is 26.4. The third kappa shape index (κ3) is 27.1. The quantitative estimate of drug-likeness (QED) is 0.0417. The van der Waals surface area contributed by atoms with Crippen LogP contribution in [-0.4, -0.2) is 53.1 Å². The van der Waals surface area contributed by atoms with E-state index in [1.165, 1.54) is 83.1 Å². The van der Waals surface area contributed by atoms with Crippen molar-refractivity contribution in [3.63, 3.8) is 0 Å². The molecule has 0 rings (SSSR count). The van der Waals surface area contributed by atoms with Gasteiger partial charge in [-0.3, -0.25) is 9.35 Å². The van der Waals surface area contributed by atoms with Gasteiger partial charge in [0.1, 0.15) is 6.10 Å². The third-order valence-corrected chi connectivity index (χ3v) is 7.93. The van der Waals surface area contributed by atoms with Gasteiger partial charge in [-0.25, -0.2) is 0 Å². The number of carbonyl (C=O) groups is 1. The van der Waals surface area contributed by atoms with Gasteiger partial charge in [-0.2, -0.15) is 8.42 Å². The molecule has 240 valence electrons. The van der Waals surface area contributed by atoms with E-state index in [4.69, 9.17) is 0 Å². The summed E-state index contributed by atoms with van der Waals surface area (Å²) in [6, 6.07) is -1.25. The van der Waals surface area contributed by atoms with E-state index in [9.17, 15) is 28.0 Å². The topological polar surface area (TPSA) is 124 Å². The second kappa shape index (κ2) is 27.4. The summed E-state index contributed by atoms with van der Waals surface area (Å²) in [5.74, 6) is -1.58. The molecule has 0 bridgehead atoms. The molecule has 41 heavy (non-hydrogen) atoms. The highest BCUT2D eigenvalue weighted by molar-refractivity contribution is 7.85. The number of aliphatic hydroxyl groups excluding tert-OH is 2. The first-order valence-corrected chi connectivity index (χ1v) is 17.9. The molecule has 1 amide bonds. The fourth-order valence-corrected chi connectivity index (χ4v) is 5.32. The Hall–Kier alpha value is -1.48. The van der Waals surface area contributed by atoms with Crippen molar-refractivity contribution in [2.75, 3.05) is 5.75 Å². The lowest BCUT2D eigenvalue weighted by atomic mass is 10.1. The molecule has 3 atom stereocenters. The summed E-state index contributed by atoms with van der Waals surface area (Å²) in [4.78, 5) is 12.5. The average Bonchev–Trinajstić information content (AvgIpc) is 2.92. The summed E-state index contributed by atoms with van der Waals surface area (Å²) < 4.78 is 32.2. The van der Waals surface area contributed by atoms with Gasteiger partial charge in [-0.1, -0.05) is 121 Å². The van der Waals surface area contributed by atoms with E-state index < -0.39 is 40.0 Å². The monoisotopic (exact) mass is 599 g/mol. The van der Waals surface area contributed by atoms with Crippen LogP contribution in [0.3, 0.4) is 0 Å². The van der Waals surface area contributed by atoms with Crippen LogP contribution in [0.1, 0.15) is 142 Å². The molecule has 0 aromatic carbocycles. The zero-order valence-corrected chi connectivity index (χ0v) is 26.8. The fourth-order valence-electron chi connectivity index (χ4n) is 4.58. The molecule has 0 heterocycles. The molecule has 4 N–H and O–H groups in total. The highest BCUT2D eigenvalue weighted by atomic mass is 32.2. The molecule has 0 fully saturated rings. The van der Waals surface area contributed by atoms with Crippen molar-refractivity contribution in [1.82, 2.24) is 5.32 Å². The number of aliphatic hydroxyl groups is 2. The van der Waals surface area contributed by atoms with Crippen LogP contribution in [0.25, 0.3) is 0 Å². The molecular formula is C33H61NO6S. The highest BCUT2D eigenvalue weighted by Gasteiger charge is 2.27. The molecule has 0 aliphatic carbocycles. The van der Waals surface area contributed by atoms with Crippen molar-refractivity contribution < 1.29 is 28.0 Å². The van der Waals surface area contributed by atoms with Crippen molar-refractivity contribution in [2.24, 2.45) is 0 Å². The average molecular weight is 600 g/mol. The maximum atomic E-state index is 12.5. The van der Waals surface area contributed by atoms with Crippen LogP contribution < -0.4 is 5.32 Å². The van der Waals surface area contributed by atoms with Crippen LogP contribution in [0.2, 0.25) is 0 Å². The van der Waals surface area contributed by atoms with Crippen molar-refractivity contribution in [1.29, 1.82) is 0 Å². The number of rotatable bonds is 28. The van der Waals surface area contributed by atoms with Gasteiger partial charge in [0.25, 0.3) is 10.1 Å². The summed E-state index contributed by atoms with van der Waals surface area (Å²) in [5, 5.41) is 23.1. The van der Waals surface area contributed by atoms with Gasteiger partial charge in [0, 0.05) is 0 Å².